The fourth-order valence-corrected chi connectivity index (χ4v) is 3.22. The normalized spacial score (nSPS) is 12.0. The van der Waals surface area contributed by atoms with E-state index in [1.807, 2.05) is 26.2 Å². The Morgan fingerprint density at radius 1 is 1.48 bits per heavy atom. The van der Waals surface area contributed by atoms with Crippen molar-refractivity contribution in [2.24, 2.45) is 0 Å². The van der Waals surface area contributed by atoms with Gasteiger partial charge in [0, 0.05) is 23.7 Å². The van der Waals surface area contributed by atoms with Gasteiger partial charge in [0.05, 0.1) is 5.69 Å². The number of nitrogens with zero attached hydrogens (tertiary/aromatic N) is 2. The molecule has 0 aliphatic rings. The van der Waals surface area contributed by atoms with E-state index in [2.05, 4.69) is 10.3 Å². The van der Waals surface area contributed by atoms with E-state index in [-0.39, 0.29) is 12.1 Å². The predicted molar refractivity (Wildman–Crippen MR) is 81.9 cm³/mol. The molecule has 0 radical (unpaired) electrons. The van der Waals surface area contributed by atoms with E-state index in [1.165, 1.54) is 17.4 Å². The first-order valence-electron chi connectivity index (χ1n) is 6.88. The van der Waals surface area contributed by atoms with Gasteiger partial charge >= 0.3 is 5.97 Å². The fraction of sp³-hybridized carbons (Fsp3) is 0.500. The molecular weight excluding hydrogens is 290 g/mol. The van der Waals surface area contributed by atoms with Crippen LogP contribution in [0.2, 0.25) is 0 Å². The molecule has 2 heterocycles. The third-order valence-electron chi connectivity index (χ3n) is 3.85. The van der Waals surface area contributed by atoms with E-state index in [1.54, 1.807) is 4.40 Å². The molecule has 7 heteroatoms. The highest BCUT2D eigenvalue weighted by molar-refractivity contribution is 7.15. The fourth-order valence-electron chi connectivity index (χ4n) is 2.33. The number of carboxylic acids is 1. The Labute approximate surface area is 126 Å². The second kappa shape index (κ2) is 5.95. The number of aliphatic carboxylic acids is 1. The number of nitrogens with one attached hydrogen (secondary N) is 1. The van der Waals surface area contributed by atoms with Gasteiger partial charge in [0.25, 0.3) is 5.56 Å². The topological polar surface area (TPSA) is 83.7 Å². The molecule has 2 N–H and O–H groups in total. The SMILES string of the molecule is CCC(CC)(NCc1cc(=O)n2c(C)csc2n1)C(=O)O. The Hall–Kier alpha value is -1.73. The molecule has 2 rings (SSSR count). The smallest absolute Gasteiger partial charge is 0.323 e. The molecule has 0 aromatic carbocycles. The van der Waals surface area contributed by atoms with Crippen LogP contribution in [0.1, 0.15) is 38.1 Å². The minimum Gasteiger partial charge on any atom is -0.480 e. The Balaban J connectivity index is 2.28. The van der Waals surface area contributed by atoms with Crippen molar-refractivity contribution in [2.75, 3.05) is 0 Å². The second-order valence-electron chi connectivity index (χ2n) is 5.03. The van der Waals surface area contributed by atoms with E-state index in [0.29, 0.717) is 23.5 Å². The number of carbonyl (C=O) groups is 1. The van der Waals surface area contributed by atoms with Gasteiger partial charge in [0.15, 0.2) is 4.96 Å². The molecule has 0 aliphatic heterocycles. The number of rotatable bonds is 6. The first-order chi connectivity index (χ1) is 9.93. The average Bonchev–Trinajstić information content (AvgIpc) is 2.82. The van der Waals surface area contributed by atoms with Gasteiger partial charge in [0.1, 0.15) is 5.54 Å². The molecule has 0 aliphatic carbocycles. The Morgan fingerprint density at radius 2 is 2.14 bits per heavy atom. The van der Waals surface area contributed by atoms with Crippen molar-refractivity contribution < 1.29 is 9.90 Å². The van der Waals surface area contributed by atoms with Gasteiger partial charge in [-0.15, -0.1) is 11.3 Å². The summed E-state index contributed by atoms with van der Waals surface area (Å²) in [6, 6.07) is 1.46. The van der Waals surface area contributed by atoms with Crippen LogP contribution in [0.3, 0.4) is 0 Å². The summed E-state index contributed by atoms with van der Waals surface area (Å²) in [7, 11) is 0. The second-order valence-corrected chi connectivity index (χ2v) is 5.87. The van der Waals surface area contributed by atoms with Crippen molar-refractivity contribution in [3.8, 4) is 0 Å². The largest absolute Gasteiger partial charge is 0.480 e. The lowest BCUT2D eigenvalue weighted by Crippen LogP contribution is -2.50. The van der Waals surface area contributed by atoms with E-state index in [0.717, 1.165) is 5.69 Å². The van der Waals surface area contributed by atoms with Crippen LogP contribution in [0.5, 0.6) is 0 Å². The molecule has 6 nitrogen and oxygen atoms in total. The summed E-state index contributed by atoms with van der Waals surface area (Å²) >= 11 is 1.40. The highest BCUT2D eigenvalue weighted by Crippen LogP contribution is 2.17. The van der Waals surface area contributed by atoms with E-state index >= 15 is 0 Å². The molecule has 0 bridgehead atoms. The van der Waals surface area contributed by atoms with E-state index in [9.17, 15) is 14.7 Å². The number of hydrogen-bond acceptors (Lipinski definition) is 5. The summed E-state index contributed by atoms with van der Waals surface area (Å²) in [5.74, 6) is -0.878. The van der Waals surface area contributed by atoms with E-state index in [4.69, 9.17) is 0 Å². The monoisotopic (exact) mass is 309 g/mol. The minimum absolute atomic E-state index is 0.135. The molecule has 0 atom stereocenters. The van der Waals surface area contributed by atoms with Crippen LogP contribution >= 0.6 is 11.3 Å². The Morgan fingerprint density at radius 3 is 2.71 bits per heavy atom. The highest BCUT2D eigenvalue weighted by Gasteiger charge is 2.34. The Kier molecular flexibility index (Phi) is 4.43. The number of hydrogen-bond donors (Lipinski definition) is 2. The molecule has 0 fully saturated rings. The van der Waals surface area contributed by atoms with Gasteiger partial charge in [-0.25, -0.2) is 4.98 Å². The summed E-state index contributed by atoms with van der Waals surface area (Å²) in [5, 5.41) is 14.3. The molecule has 2 aromatic heterocycles. The molecule has 114 valence electrons. The zero-order chi connectivity index (χ0) is 15.6. The van der Waals surface area contributed by atoms with Crippen LogP contribution in [0.25, 0.3) is 4.96 Å². The third-order valence-corrected chi connectivity index (χ3v) is 4.80. The molecule has 0 saturated heterocycles. The van der Waals surface area contributed by atoms with E-state index < -0.39 is 11.5 Å². The lowest BCUT2D eigenvalue weighted by Gasteiger charge is -2.27. The molecule has 21 heavy (non-hydrogen) atoms. The van der Waals surface area contributed by atoms with Crippen LogP contribution in [0.15, 0.2) is 16.2 Å². The highest BCUT2D eigenvalue weighted by atomic mass is 32.1. The minimum atomic E-state index is -0.974. The zero-order valence-electron chi connectivity index (χ0n) is 12.3. The maximum atomic E-state index is 12.1. The standard InChI is InChI=1S/C14H19N3O3S/c1-4-14(5-2,12(19)20)15-7-10-6-11(18)17-9(3)8-21-13(17)16-10/h6,8,15H,4-5,7H2,1-3H3,(H,19,20). The number of carboxylic acid groups (broad SMARTS) is 1. The quantitative estimate of drug-likeness (QED) is 0.850. The van der Waals surface area contributed by atoms with Gasteiger partial charge in [0.2, 0.25) is 0 Å². The molecular formula is C14H19N3O3S. The summed E-state index contributed by atoms with van der Waals surface area (Å²) in [6.45, 7) is 5.78. The lowest BCUT2D eigenvalue weighted by atomic mass is 9.93. The van der Waals surface area contributed by atoms with Crippen molar-refractivity contribution >= 4 is 22.3 Å². The summed E-state index contributed by atoms with van der Waals surface area (Å²) < 4.78 is 1.55. The van der Waals surface area contributed by atoms with Crippen LogP contribution in [-0.4, -0.2) is 26.0 Å². The summed E-state index contributed by atoms with van der Waals surface area (Å²) in [5.41, 5.74) is 0.311. The van der Waals surface area contributed by atoms with Gasteiger partial charge in [-0.1, -0.05) is 13.8 Å². The van der Waals surface area contributed by atoms with Gasteiger partial charge in [-0.2, -0.15) is 0 Å². The number of aromatic nitrogens is 2. The van der Waals surface area contributed by atoms with Crippen LogP contribution in [0.4, 0.5) is 0 Å². The van der Waals surface area contributed by atoms with Crippen LogP contribution in [-0.2, 0) is 11.3 Å². The van der Waals surface area contributed by atoms with Crippen molar-refractivity contribution in [1.82, 2.24) is 14.7 Å². The van der Waals surface area contributed by atoms with Gasteiger partial charge < -0.3 is 5.11 Å². The zero-order valence-corrected chi connectivity index (χ0v) is 13.2. The average molecular weight is 309 g/mol. The lowest BCUT2D eigenvalue weighted by molar-refractivity contribution is -0.145. The van der Waals surface area contributed by atoms with Crippen molar-refractivity contribution in [2.45, 2.75) is 45.7 Å². The summed E-state index contributed by atoms with van der Waals surface area (Å²) in [6.07, 6.45) is 0.941. The molecule has 0 unspecified atom stereocenters. The predicted octanol–water partition coefficient (Wildman–Crippen LogP) is 1.80. The molecule has 2 aromatic rings. The van der Waals surface area contributed by atoms with Crippen LogP contribution in [0, 0.1) is 6.92 Å². The van der Waals surface area contributed by atoms with Crippen molar-refractivity contribution in [1.29, 1.82) is 0 Å². The summed E-state index contributed by atoms with van der Waals surface area (Å²) in [4.78, 5) is 28.5. The molecule has 0 saturated carbocycles. The Bertz CT molecular complexity index is 716. The maximum absolute atomic E-state index is 12.1. The van der Waals surface area contributed by atoms with Crippen LogP contribution < -0.4 is 10.9 Å². The van der Waals surface area contributed by atoms with Gasteiger partial charge in [-0.05, 0) is 19.8 Å². The first-order valence-corrected chi connectivity index (χ1v) is 7.76. The maximum Gasteiger partial charge on any atom is 0.323 e. The first kappa shape index (κ1) is 15.7. The number of thiazole rings is 1. The van der Waals surface area contributed by atoms with Crippen molar-refractivity contribution in [3.05, 3.63) is 33.2 Å². The third kappa shape index (κ3) is 2.84. The number of aryl methyl sites for hydroxylation is 1. The molecule has 0 amide bonds. The van der Waals surface area contributed by atoms with Crippen molar-refractivity contribution in [3.63, 3.8) is 0 Å². The van der Waals surface area contributed by atoms with Gasteiger partial charge in [-0.3, -0.25) is 19.3 Å². The number of fused-ring (bicyclic) bond motifs is 1. The molecule has 0 spiro atoms.